The van der Waals surface area contributed by atoms with Gasteiger partial charge in [-0.05, 0) is 90.5 Å². The number of aromatic amines is 2. The molecule has 378 valence electrons. The molecule has 3 aromatic carbocycles. The van der Waals surface area contributed by atoms with Crippen molar-refractivity contribution < 1.29 is 23.9 Å². The van der Waals surface area contributed by atoms with Crippen molar-refractivity contribution in [2.75, 3.05) is 26.9 Å². The molecule has 7 atom stereocenters. The molecule has 0 radical (unpaired) electrons. The number of methoxy groups -OCH3 is 1. The van der Waals surface area contributed by atoms with Crippen molar-refractivity contribution in [3.8, 4) is 22.4 Å². The predicted octanol–water partition coefficient (Wildman–Crippen LogP) is 10.1. The Bertz CT molecular complexity index is 2450. The highest BCUT2D eigenvalue weighted by molar-refractivity contribution is 7.60. The molecule has 12 nitrogen and oxygen atoms in total. The number of likely N-dealkylation sites (tertiary alicyclic amines) is 2. The van der Waals surface area contributed by atoms with Crippen molar-refractivity contribution in [1.82, 2.24) is 35.1 Å². The molecule has 1 aliphatic carbocycles. The van der Waals surface area contributed by atoms with Crippen LogP contribution in [0.2, 0.25) is 0 Å². The van der Waals surface area contributed by atoms with Crippen LogP contribution in [0.5, 0.6) is 0 Å². The summed E-state index contributed by atoms with van der Waals surface area (Å²) >= 11 is 0. The van der Waals surface area contributed by atoms with Crippen LogP contribution in [0.4, 0.5) is 4.79 Å². The zero-order chi connectivity index (χ0) is 42.6. The van der Waals surface area contributed by atoms with Crippen molar-refractivity contribution in [1.29, 1.82) is 0 Å². The van der Waals surface area contributed by atoms with Gasteiger partial charge in [0.05, 0.1) is 48.7 Å². The van der Waals surface area contributed by atoms with Crippen LogP contribution >= 0.6 is 94.5 Å². The average molecular weight is 1070 g/mol. The first kappa shape index (κ1) is 61.3. The van der Waals surface area contributed by atoms with Gasteiger partial charge >= 0.3 is 6.09 Å². The number of H-pyrrole nitrogens is 2. The lowest BCUT2D eigenvalue weighted by Crippen LogP contribution is -2.51. The highest BCUT2D eigenvalue weighted by Gasteiger charge is 2.50. The Kier molecular flexibility index (Phi) is 23.1. The van der Waals surface area contributed by atoms with E-state index in [0.717, 1.165) is 94.5 Å². The fourth-order valence-electron chi connectivity index (χ4n) is 10.8. The van der Waals surface area contributed by atoms with Gasteiger partial charge in [0, 0.05) is 35.9 Å². The summed E-state index contributed by atoms with van der Waals surface area (Å²) in [6.07, 6.45) is 9.64. The van der Waals surface area contributed by atoms with Crippen LogP contribution in [-0.2, 0) is 19.1 Å². The van der Waals surface area contributed by atoms with Crippen molar-refractivity contribution in [3.05, 3.63) is 72.4 Å². The first-order valence-electron chi connectivity index (χ1n) is 22.6. The van der Waals surface area contributed by atoms with Gasteiger partial charge in [-0.25, -0.2) is 14.8 Å². The van der Waals surface area contributed by atoms with E-state index in [2.05, 4.69) is 95.6 Å². The van der Waals surface area contributed by atoms with E-state index in [9.17, 15) is 14.4 Å². The van der Waals surface area contributed by atoms with E-state index < -0.39 is 12.1 Å². The fraction of sp³-hybridized carbons (Fsp3) is 0.531. The van der Waals surface area contributed by atoms with Crippen LogP contribution in [0.15, 0.2) is 60.8 Å². The summed E-state index contributed by atoms with van der Waals surface area (Å²) in [5, 5.41) is 4.90. The molecule has 1 saturated carbocycles. The summed E-state index contributed by atoms with van der Waals surface area (Å²) in [5.74, 6) is 2.45. The van der Waals surface area contributed by atoms with E-state index in [1.54, 1.807) is 0 Å². The van der Waals surface area contributed by atoms with Crippen molar-refractivity contribution in [3.63, 3.8) is 0 Å². The highest BCUT2D eigenvalue weighted by Crippen LogP contribution is 2.49. The molecule has 0 unspecified atom stereocenters. The lowest BCUT2D eigenvalue weighted by molar-refractivity contribution is -0.140. The van der Waals surface area contributed by atoms with Gasteiger partial charge in [-0.1, -0.05) is 89.9 Å². The SMILES string of the molecule is COC(=O)N[C@H](C(=O)N1C[C@]2(CCCOC2)C[C@H]1c1nc2c(ccc3cc(-c4ccc(-c5cnc([C@@H]6C[C@@H]7CCCC[C@@H]7N6C(=O)[C@@H](C)C(C)C)[nH]5)cc4)ccc32)[nH]1)C(C)C.S.S.S.S.S.S.S. The number of imidazole rings is 2. The maximum absolute atomic E-state index is 14.3. The smallest absolute Gasteiger partial charge is 0.407 e. The number of rotatable bonds is 9. The van der Waals surface area contributed by atoms with Crippen LogP contribution in [0.3, 0.4) is 0 Å². The normalized spacial score (nSPS) is 22.5. The maximum Gasteiger partial charge on any atom is 0.407 e. The number of hydrogen-bond acceptors (Lipinski definition) is 7. The minimum atomic E-state index is -0.730. The summed E-state index contributed by atoms with van der Waals surface area (Å²) in [6.45, 7) is 12.1. The number of hydrogen-bond donors (Lipinski definition) is 3. The van der Waals surface area contributed by atoms with Crippen molar-refractivity contribution in [2.24, 2.45) is 29.1 Å². The highest BCUT2D eigenvalue weighted by atomic mass is 32.1. The molecule has 5 heterocycles. The number of carbonyl (C=O) groups is 3. The molecule has 5 aromatic rings. The molecule has 3 aliphatic heterocycles. The summed E-state index contributed by atoms with van der Waals surface area (Å²) < 4.78 is 10.9. The van der Waals surface area contributed by atoms with Crippen LogP contribution in [0.1, 0.15) is 110 Å². The van der Waals surface area contributed by atoms with Gasteiger partial charge in [-0.15, -0.1) is 0 Å². The van der Waals surface area contributed by atoms with Crippen LogP contribution in [-0.4, -0.2) is 86.6 Å². The molecule has 4 fully saturated rings. The van der Waals surface area contributed by atoms with E-state index >= 15 is 0 Å². The monoisotopic (exact) mass is 1070 g/mol. The topological polar surface area (TPSA) is 146 Å². The van der Waals surface area contributed by atoms with Crippen molar-refractivity contribution in [2.45, 2.75) is 110 Å². The second-order valence-electron chi connectivity index (χ2n) is 19.1. The average Bonchev–Trinajstić information content (AvgIpc) is 4.09. The number of alkyl carbamates (subject to hydrolysis) is 1. The third-order valence-electron chi connectivity index (χ3n) is 14.6. The number of benzene rings is 3. The van der Waals surface area contributed by atoms with E-state index in [1.807, 2.05) is 24.9 Å². The number of aromatic nitrogens is 4. The van der Waals surface area contributed by atoms with Gasteiger partial charge in [-0.3, -0.25) is 9.59 Å². The first-order valence-corrected chi connectivity index (χ1v) is 22.6. The quantitative estimate of drug-likeness (QED) is 0.133. The summed E-state index contributed by atoms with van der Waals surface area (Å²) in [7, 11) is 1.31. The molecule has 19 heteroatoms. The van der Waals surface area contributed by atoms with Gasteiger partial charge in [0.25, 0.3) is 0 Å². The Morgan fingerprint density at radius 1 is 0.794 bits per heavy atom. The lowest BCUT2D eigenvalue weighted by atomic mass is 9.80. The molecule has 3 N–H and O–H groups in total. The van der Waals surface area contributed by atoms with E-state index in [-0.39, 0.29) is 136 Å². The summed E-state index contributed by atoms with van der Waals surface area (Å²) in [5.41, 5.74) is 5.83. The third-order valence-corrected chi connectivity index (χ3v) is 14.6. The standard InChI is InChI=1S/C49H61N7O5.7H2S/c1-28(2)30(5)46(57)56-39-11-8-7-10-35(39)23-40(56)44-50-25-38(52-44)32-14-12-31(13-15-32)33-16-18-36-34(22-33)17-19-37-43(36)53-45(51-37)41-24-49(20-9-21-61-27-49)26-55(41)47(58)42(29(3)4)54-48(59)60-6;;;;;;;/h12-19,22,25,28-30,35,39-42H,7-11,20-21,23-24,26-27H2,1-6H3,(H,50,52)(H,51,53)(H,54,59);7*1H2/t30-,35-,39-,40-,41-,42-,49-;;;;;;;/m0......./s1. The summed E-state index contributed by atoms with van der Waals surface area (Å²) in [6, 6.07) is 18.6. The maximum atomic E-state index is 14.3. The van der Waals surface area contributed by atoms with Gasteiger partial charge in [0.1, 0.15) is 17.7 Å². The molecule has 3 saturated heterocycles. The molecular weight excluding hydrogens is 991 g/mol. The van der Waals surface area contributed by atoms with Crippen LogP contribution < -0.4 is 5.32 Å². The molecule has 3 amide bonds. The third kappa shape index (κ3) is 11.9. The molecule has 2 aromatic heterocycles. The van der Waals surface area contributed by atoms with E-state index in [0.29, 0.717) is 31.0 Å². The molecule has 4 aliphatic rings. The second kappa shape index (κ2) is 25.6. The fourth-order valence-corrected chi connectivity index (χ4v) is 10.8. The van der Waals surface area contributed by atoms with Crippen molar-refractivity contribution >= 4 is 134 Å². The van der Waals surface area contributed by atoms with Gasteiger partial charge in [0.15, 0.2) is 0 Å². The summed E-state index contributed by atoms with van der Waals surface area (Å²) in [4.78, 5) is 61.9. The van der Waals surface area contributed by atoms with Gasteiger partial charge in [-0.2, -0.15) is 94.5 Å². The number of nitrogens with zero attached hydrogens (tertiary/aromatic N) is 4. The Hall–Kier alpha value is -2.78. The zero-order valence-corrected chi connectivity index (χ0v) is 47.0. The molecule has 9 rings (SSSR count). The molecule has 1 spiro atoms. The lowest BCUT2D eigenvalue weighted by Gasteiger charge is -2.36. The first-order chi connectivity index (χ1) is 29.4. The Morgan fingerprint density at radius 2 is 1.49 bits per heavy atom. The second-order valence-corrected chi connectivity index (χ2v) is 19.1. The molecular formula is C49H75N7O5S7. The number of fused-ring (bicyclic) bond motifs is 4. The van der Waals surface area contributed by atoms with E-state index in [1.165, 1.54) is 26.4 Å². The number of ether oxygens (including phenoxy) is 2. The minimum Gasteiger partial charge on any atom is -0.453 e. The van der Waals surface area contributed by atoms with Gasteiger partial charge in [0.2, 0.25) is 11.8 Å². The van der Waals surface area contributed by atoms with Gasteiger partial charge < -0.3 is 34.6 Å². The minimum absolute atomic E-state index is 0. The zero-order valence-electron chi connectivity index (χ0n) is 40.0. The number of amides is 3. The Morgan fingerprint density at radius 3 is 2.15 bits per heavy atom. The number of nitrogens with one attached hydrogen (secondary N) is 3. The van der Waals surface area contributed by atoms with Crippen LogP contribution in [0, 0.1) is 29.1 Å². The van der Waals surface area contributed by atoms with Crippen LogP contribution in [0.25, 0.3) is 44.2 Å². The Balaban J connectivity index is 0.00000227. The largest absolute Gasteiger partial charge is 0.453 e. The Labute approximate surface area is 450 Å². The predicted molar refractivity (Wildman–Crippen MR) is 309 cm³/mol. The molecule has 0 bridgehead atoms. The van der Waals surface area contributed by atoms with E-state index in [4.69, 9.17) is 19.4 Å². The molecule has 68 heavy (non-hydrogen) atoms. The number of carbonyl (C=O) groups excluding carboxylic acids is 3.